The summed E-state index contributed by atoms with van der Waals surface area (Å²) in [4.78, 5) is 16.8. The first-order chi connectivity index (χ1) is 12.2. The lowest BCUT2D eigenvalue weighted by molar-refractivity contribution is 0.0948. The van der Waals surface area contributed by atoms with Crippen LogP contribution in [0.15, 0.2) is 47.7 Å². The molecule has 0 aliphatic carbocycles. The van der Waals surface area contributed by atoms with Gasteiger partial charge in [0.05, 0.1) is 26.1 Å². The number of benzene rings is 1. The number of fused-ring (bicyclic) bond motifs is 1. The van der Waals surface area contributed by atoms with Gasteiger partial charge in [0.2, 0.25) is 0 Å². The Morgan fingerprint density at radius 3 is 2.80 bits per heavy atom. The number of rotatable bonds is 5. The number of nitrogens with zero attached hydrogens (tertiary/aromatic N) is 3. The molecule has 25 heavy (non-hydrogen) atoms. The Kier molecular flexibility index (Phi) is 4.65. The van der Waals surface area contributed by atoms with Gasteiger partial charge in [-0.2, -0.15) is 5.10 Å². The van der Waals surface area contributed by atoms with Gasteiger partial charge in [-0.1, -0.05) is 12.1 Å². The van der Waals surface area contributed by atoms with Gasteiger partial charge in [0.25, 0.3) is 5.91 Å². The van der Waals surface area contributed by atoms with Crippen LogP contribution in [0, 0.1) is 6.92 Å². The van der Waals surface area contributed by atoms with Crippen molar-refractivity contribution in [3.8, 4) is 11.5 Å². The lowest BCUT2D eigenvalue weighted by Gasteiger charge is -2.09. The van der Waals surface area contributed by atoms with Crippen molar-refractivity contribution in [1.29, 1.82) is 0 Å². The van der Waals surface area contributed by atoms with Gasteiger partial charge in [0, 0.05) is 11.8 Å². The molecule has 1 amide bonds. The standard InChI is InChI=1S/C18H18N4O3/c1-12-16(22-10-5-4-9-15(22)20-12)18(23)21-19-11-13-7-6-8-14(24-2)17(13)25-3/h4-11H,1-3H3,(H,21,23). The average molecular weight is 338 g/mol. The number of ether oxygens (including phenoxy) is 2. The minimum atomic E-state index is -0.339. The zero-order chi connectivity index (χ0) is 17.8. The monoisotopic (exact) mass is 338 g/mol. The van der Waals surface area contributed by atoms with E-state index >= 15 is 0 Å². The van der Waals surface area contributed by atoms with Crippen molar-refractivity contribution in [1.82, 2.24) is 14.8 Å². The third-order valence-electron chi connectivity index (χ3n) is 3.72. The topological polar surface area (TPSA) is 77.2 Å². The van der Waals surface area contributed by atoms with E-state index in [0.717, 1.165) is 0 Å². The molecular formula is C18H18N4O3. The molecule has 0 aliphatic rings. The molecule has 0 bridgehead atoms. The fraction of sp³-hybridized carbons (Fsp3) is 0.167. The highest BCUT2D eigenvalue weighted by molar-refractivity contribution is 5.95. The van der Waals surface area contributed by atoms with Crippen LogP contribution < -0.4 is 14.9 Å². The van der Waals surface area contributed by atoms with Crippen LogP contribution in [0.1, 0.15) is 21.7 Å². The van der Waals surface area contributed by atoms with E-state index < -0.39 is 0 Å². The number of hydrazone groups is 1. The maximum atomic E-state index is 12.5. The molecule has 2 heterocycles. The van der Waals surface area contributed by atoms with Crippen molar-refractivity contribution in [3.05, 3.63) is 59.5 Å². The fourth-order valence-electron chi connectivity index (χ4n) is 2.61. The number of methoxy groups -OCH3 is 2. The molecule has 0 saturated heterocycles. The van der Waals surface area contributed by atoms with Crippen molar-refractivity contribution in [2.24, 2.45) is 5.10 Å². The number of para-hydroxylation sites is 1. The first-order valence-corrected chi connectivity index (χ1v) is 7.63. The minimum absolute atomic E-state index is 0.339. The number of hydrogen-bond donors (Lipinski definition) is 1. The Bertz CT molecular complexity index is 947. The Labute approximate surface area is 144 Å². The summed E-state index contributed by atoms with van der Waals surface area (Å²) in [7, 11) is 3.11. The van der Waals surface area contributed by atoms with Crippen LogP contribution in [0.4, 0.5) is 0 Å². The number of aryl methyl sites for hydroxylation is 1. The van der Waals surface area contributed by atoms with Crippen molar-refractivity contribution in [3.63, 3.8) is 0 Å². The summed E-state index contributed by atoms with van der Waals surface area (Å²) >= 11 is 0. The quantitative estimate of drug-likeness (QED) is 0.572. The maximum Gasteiger partial charge on any atom is 0.290 e. The fourth-order valence-corrected chi connectivity index (χ4v) is 2.61. The zero-order valence-corrected chi connectivity index (χ0v) is 14.2. The van der Waals surface area contributed by atoms with Gasteiger partial charge in [-0.25, -0.2) is 10.4 Å². The third kappa shape index (κ3) is 3.16. The van der Waals surface area contributed by atoms with E-state index in [2.05, 4.69) is 15.5 Å². The zero-order valence-electron chi connectivity index (χ0n) is 14.2. The third-order valence-corrected chi connectivity index (χ3v) is 3.72. The van der Waals surface area contributed by atoms with E-state index in [4.69, 9.17) is 9.47 Å². The van der Waals surface area contributed by atoms with E-state index in [9.17, 15) is 4.79 Å². The minimum Gasteiger partial charge on any atom is -0.493 e. The van der Waals surface area contributed by atoms with E-state index in [-0.39, 0.29) is 5.91 Å². The Balaban J connectivity index is 1.83. The predicted molar refractivity (Wildman–Crippen MR) is 94.5 cm³/mol. The van der Waals surface area contributed by atoms with Crippen molar-refractivity contribution in [2.75, 3.05) is 14.2 Å². The molecule has 0 radical (unpaired) electrons. The van der Waals surface area contributed by atoms with Gasteiger partial charge in [-0.05, 0) is 31.2 Å². The van der Waals surface area contributed by atoms with E-state index in [1.54, 1.807) is 37.8 Å². The number of amides is 1. The summed E-state index contributed by atoms with van der Waals surface area (Å²) in [5.74, 6) is 0.804. The maximum absolute atomic E-state index is 12.5. The van der Waals surface area contributed by atoms with Gasteiger partial charge < -0.3 is 9.47 Å². The first-order valence-electron chi connectivity index (χ1n) is 7.63. The summed E-state index contributed by atoms with van der Waals surface area (Å²) in [6.07, 6.45) is 3.30. The molecule has 1 N–H and O–H groups in total. The number of carbonyl (C=O) groups is 1. The van der Waals surface area contributed by atoms with Crippen LogP contribution >= 0.6 is 0 Å². The second kappa shape index (κ2) is 7.04. The largest absolute Gasteiger partial charge is 0.493 e. The number of pyridine rings is 1. The van der Waals surface area contributed by atoms with Crippen LogP contribution in [-0.4, -0.2) is 35.7 Å². The molecule has 0 atom stereocenters. The average Bonchev–Trinajstić information content (AvgIpc) is 2.97. The van der Waals surface area contributed by atoms with Crippen LogP contribution in [0.2, 0.25) is 0 Å². The van der Waals surface area contributed by atoms with E-state index in [1.807, 2.05) is 30.3 Å². The molecule has 0 aliphatic heterocycles. The van der Waals surface area contributed by atoms with Crippen LogP contribution in [0.25, 0.3) is 5.65 Å². The van der Waals surface area contributed by atoms with Gasteiger partial charge >= 0.3 is 0 Å². The van der Waals surface area contributed by atoms with Gasteiger partial charge in [-0.15, -0.1) is 0 Å². The van der Waals surface area contributed by atoms with Gasteiger partial charge in [0.15, 0.2) is 11.5 Å². The molecule has 2 aromatic heterocycles. The molecular weight excluding hydrogens is 320 g/mol. The molecule has 3 rings (SSSR count). The summed E-state index contributed by atoms with van der Waals surface area (Å²) in [5, 5.41) is 4.03. The molecule has 1 aromatic carbocycles. The molecule has 128 valence electrons. The van der Waals surface area contributed by atoms with Gasteiger partial charge in [0.1, 0.15) is 11.3 Å². The SMILES string of the molecule is COc1cccc(C=NNC(=O)c2c(C)nc3ccccn23)c1OC. The normalized spacial score (nSPS) is 11.0. The molecule has 0 saturated carbocycles. The van der Waals surface area contributed by atoms with Gasteiger partial charge in [-0.3, -0.25) is 9.20 Å². The Morgan fingerprint density at radius 2 is 2.04 bits per heavy atom. The van der Waals surface area contributed by atoms with Crippen molar-refractivity contribution in [2.45, 2.75) is 6.92 Å². The highest BCUT2D eigenvalue weighted by Gasteiger charge is 2.15. The molecule has 0 spiro atoms. The molecule has 0 fully saturated rings. The van der Waals surface area contributed by atoms with Crippen molar-refractivity contribution >= 4 is 17.8 Å². The number of hydrogen-bond acceptors (Lipinski definition) is 5. The summed E-state index contributed by atoms with van der Waals surface area (Å²) < 4.78 is 12.3. The molecule has 0 unspecified atom stereocenters. The Morgan fingerprint density at radius 1 is 1.20 bits per heavy atom. The number of carbonyl (C=O) groups excluding carboxylic acids is 1. The number of nitrogens with one attached hydrogen (secondary N) is 1. The molecule has 3 aromatic rings. The first kappa shape index (κ1) is 16.5. The predicted octanol–water partition coefficient (Wildman–Crippen LogP) is 2.42. The van der Waals surface area contributed by atoms with E-state index in [0.29, 0.717) is 34.1 Å². The second-order valence-corrected chi connectivity index (χ2v) is 5.26. The summed E-state index contributed by atoms with van der Waals surface area (Å²) in [6, 6.07) is 11.0. The number of aromatic nitrogens is 2. The molecule has 7 heteroatoms. The highest BCUT2D eigenvalue weighted by atomic mass is 16.5. The Hall–Kier alpha value is -3.35. The molecule has 7 nitrogen and oxygen atoms in total. The summed E-state index contributed by atoms with van der Waals surface area (Å²) in [5.41, 5.74) is 5.02. The van der Waals surface area contributed by atoms with Crippen LogP contribution in [0.3, 0.4) is 0 Å². The van der Waals surface area contributed by atoms with Crippen LogP contribution in [-0.2, 0) is 0 Å². The second-order valence-electron chi connectivity index (χ2n) is 5.26. The smallest absolute Gasteiger partial charge is 0.290 e. The number of imidazole rings is 1. The lowest BCUT2D eigenvalue weighted by atomic mass is 10.2. The van der Waals surface area contributed by atoms with Crippen LogP contribution in [0.5, 0.6) is 11.5 Å². The van der Waals surface area contributed by atoms with Crippen molar-refractivity contribution < 1.29 is 14.3 Å². The lowest BCUT2D eigenvalue weighted by Crippen LogP contribution is -2.20. The highest BCUT2D eigenvalue weighted by Crippen LogP contribution is 2.29. The summed E-state index contributed by atoms with van der Waals surface area (Å²) in [6.45, 7) is 1.79. The van der Waals surface area contributed by atoms with E-state index in [1.165, 1.54) is 6.21 Å².